The van der Waals surface area contributed by atoms with E-state index >= 15 is 0 Å². The van der Waals surface area contributed by atoms with E-state index in [1.807, 2.05) is 28.5 Å². The van der Waals surface area contributed by atoms with E-state index in [-0.39, 0.29) is 67.0 Å². The predicted molar refractivity (Wildman–Crippen MR) is 260 cm³/mol. The number of esters is 2. The standard InChI is InChI=1S/C49H81N7O8Si/c1-10-12-32-62-46(60)36-52-21-20-51(35-38(3)57)24-26-55(27-25-53(23-22-52)37-47(61)63-33-13-11-2)44(39(4)58)18-19-45(59)56-30-28-54(29-31-56)41-16-14-40-15-17-42(50-43(40)34-41)48(49(5,6)7)64-65(8)9/h14-17,34,44,48,65H,10-13,18-33,35-37H2,1-9H3. The van der Waals surface area contributed by atoms with Crippen LogP contribution in [0.4, 0.5) is 5.69 Å². The molecule has 16 heteroatoms. The van der Waals surface area contributed by atoms with Gasteiger partial charge in [0.15, 0.2) is 9.04 Å². The maximum absolute atomic E-state index is 13.8. The largest absolute Gasteiger partial charge is 0.465 e. The molecule has 1 aromatic carbocycles. The molecule has 2 saturated heterocycles. The zero-order valence-electron chi connectivity index (χ0n) is 41.3. The van der Waals surface area contributed by atoms with Gasteiger partial charge in [-0.1, -0.05) is 59.6 Å². The van der Waals surface area contributed by atoms with E-state index in [1.165, 1.54) is 0 Å². The first-order chi connectivity index (χ1) is 31.0. The van der Waals surface area contributed by atoms with Gasteiger partial charge >= 0.3 is 11.9 Å². The van der Waals surface area contributed by atoms with Crippen LogP contribution in [0.15, 0.2) is 30.3 Å². The van der Waals surface area contributed by atoms with E-state index in [1.54, 1.807) is 13.8 Å². The molecular formula is C49H81N7O8Si. The summed E-state index contributed by atoms with van der Waals surface area (Å²) in [6.07, 6.45) is 3.95. The second-order valence-electron chi connectivity index (χ2n) is 19.3. The average Bonchev–Trinajstić information content (AvgIpc) is 3.25. The summed E-state index contributed by atoms with van der Waals surface area (Å²) in [4.78, 5) is 83.1. The van der Waals surface area contributed by atoms with Gasteiger partial charge in [0, 0.05) is 96.0 Å². The van der Waals surface area contributed by atoms with Crippen LogP contribution in [0.3, 0.4) is 0 Å². The van der Waals surface area contributed by atoms with Gasteiger partial charge in [-0.3, -0.25) is 48.6 Å². The number of amides is 1. The highest BCUT2D eigenvalue weighted by Gasteiger charge is 2.31. The number of hydrogen-bond acceptors (Lipinski definition) is 14. The Morgan fingerprint density at radius 1 is 0.708 bits per heavy atom. The lowest BCUT2D eigenvalue weighted by atomic mass is 9.87. The Hall–Kier alpha value is -3.80. The van der Waals surface area contributed by atoms with Crippen molar-refractivity contribution in [2.45, 2.75) is 112 Å². The Labute approximate surface area is 391 Å². The maximum atomic E-state index is 13.8. The van der Waals surface area contributed by atoms with E-state index in [2.05, 4.69) is 78.9 Å². The molecule has 2 fully saturated rings. The number of carbonyl (C=O) groups is 5. The summed E-state index contributed by atoms with van der Waals surface area (Å²) in [5, 5.41) is 1.07. The summed E-state index contributed by atoms with van der Waals surface area (Å²) in [5.41, 5.74) is 2.87. The molecule has 2 atom stereocenters. The predicted octanol–water partition coefficient (Wildman–Crippen LogP) is 5.21. The molecule has 0 N–H and O–H groups in total. The Kier molecular flexibility index (Phi) is 22.4. The van der Waals surface area contributed by atoms with Gasteiger partial charge in [0.1, 0.15) is 11.6 Å². The van der Waals surface area contributed by atoms with Crippen molar-refractivity contribution in [2.24, 2.45) is 5.41 Å². The first kappa shape index (κ1) is 53.8. The summed E-state index contributed by atoms with van der Waals surface area (Å²) in [5.74, 6) is -0.560. The van der Waals surface area contributed by atoms with Gasteiger partial charge in [0.05, 0.1) is 56.2 Å². The number of aromatic nitrogens is 1. The van der Waals surface area contributed by atoms with E-state index < -0.39 is 15.1 Å². The molecule has 0 saturated carbocycles. The van der Waals surface area contributed by atoms with Gasteiger partial charge in [0.2, 0.25) is 5.91 Å². The minimum Gasteiger partial charge on any atom is -0.465 e. The molecule has 2 aliphatic rings. The average molecular weight is 924 g/mol. The number of rotatable bonds is 21. The van der Waals surface area contributed by atoms with Crippen LogP contribution in [0, 0.1) is 5.41 Å². The number of hydrogen-bond donors (Lipinski definition) is 0. The highest BCUT2D eigenvalue weighted by Crippen LogP contribution is 2.36. The summed E-state index contributed by atoms with van der Waals surface area (Å²) in [6, 6.07) is 10.1. The van der Waals surface area contributed by atoms with Crippen LogP contribution in [0.25, 0.3) is 10.9 Å². The Morgan fingerprint density at radius 2 is 1.23 bits per heavy atom. The molecule has 364 valence electrons. The van der Waals surface area contributed by atoms with Gasteiger partial charge in [-0.05, 0) is 69.8 Å². The van der Waals surface area contributed by atoms with Crippen LogP contribution in [0.1, 0.15) is 98.8 Å². The Balaban J connectivity index is 1.43. The van der Waals surface area contributed by atoms with E-state index in [0.717, 1.165) is 48.0 Å². The van der Waals surface area contributed by atoms with Crippen molar-refractivity contribution in [3.05, 3.63) is 36.0 Å². The van der Waals surface area contributed by atoms with Crippen molar-refractivity contribution >= 4 is 55.0 Å². The smallest absolute Gasteiger partial charge is 0.320 e. The minimum absolute atomic E-state index is 0.0224. The van der Waals surface area contributed by atoms with Crippen molar-refractivity contribution in [1.82, 2.24) is 29.5 Å². The molecule has 0 bridgehead atoms. The Morgan fingerprint density at radius 3 is 1.72 bits per heavy atom. The van der Waals surface area contributed by atoms with Crippen molar-refractivity contribution < 1.29 is 37.9 Å². The number of benzene rings is 1. The van der Waals surface area contributed by atoms with E-state index in [0.29, 0.717) is 98.2 Å². The monoisotopic (exact) mass is 924 g/mol. The summed E-state index contributed by atoms with van der Waals surface area (Å²) in [7, 11) is -1.31. The van der Waals surface area contributed by atoms with Crippen molar-refractivity contribution in [1.29, 1.82) is 0 Å². The van der Waals surface area contributed by atoms with Crippen molar-refractivity contribution in [3.63, 3.8) is 0 Å². The lowest BCUT2D eigenvalue weighted by Crippen LogP contribution is -2.52. The second-order valence-corrected chi connectivity index (χ2v) is 21.7. The number of ketones is 2. The van der Waals surface area contributed by atoms with Crippen molar-refractivity contribution in [2.75, 3.05) is 116 Å². The number of unbranched alkanes of at least 4 members (excludes halogenated alkanes) is 2. The molecule has 1 aromatic heterocycles. The topological polar surface area (TPSA) is 145 Å². The highest BCUT2D eigenvalue weighted by atomic mass is 28.3. The lowest BCUT2D eigenvalue weighted by molar-refractivity contribution is -0.147. The van der Waals surface area contributed by atoms with Crippen molar-refractivity contribution in [3.8, 4) is 0 Å². The number of nitrogens with zero attached hydrogens (tertiary/aromatic N) is 7. The molecule has 0 aliphatic carbocycles. The quantitative estimate of drug-likeness (QED) is 0.0919. The molecule has 15 nitrogen and oxygen atoms in total. The third-order valence-corrected chi connectivity index (χ3v) is 13.1. The third kappa shape index (κ3) is 18.4. The molecule has 2 aromatic rings. The van der Waals surface area contributed by atoms with Crippen LogP contribution in [-0.4, -0.2) is 185 Å². The summed E-state index contributed by atoms with van der Waals surface area (Å²) < 4.78 is 17.5. The van der Waals surface area contributed by atoms with Gasteiger partial charge in [-0.15, -0.1) is 0 Å². The van der Waals surface area contributed by atoms with Gasteiger partial charge in [-0.25, -0.2) is 0 Å². The van der Waals surface area contributed by atoms with E-state index in [9.17, 15) is 24.0 Å². The number of ether oxygens (including phenoxy) is 2. The molecule has 4 rings (SSSR count). The highest BCUT2D eigenvalue weighted by molar-refractivity contribution is 6.48. The zero-order chi connectivity index (χ0) is 47.5. The second kappa shape index (κ2) is 27.1. The Bertz CT molecular complexity index is 1840. The molecule has 65 heavy (non-hydrogen) atoms. The molecular weight excluding hydrogens is 843 g/mol. The number of fused-ring (bicyclic) bond motifs is 1. The van der Waals surface area contributed by atoms with Crippen LogP contribution in [0.2, 0.25) is 13.1 Å². The number of carbonyl (C=O) groups excluding carboxylic acids is 5. The fourth-order valence-corrected chi connectivity index (χ4v) is 9.59. The molecule has 0 radical (unpaired) electrons. The summed E-state index contributed by atoms with van der Waals surface area (Å²) >= 11 is 0. The fourth-order valence-electron chi connectivity index (χ4n) is 8.50. The number of anilines is 1. The van der Waals surface area contributed by atoms with Crippen LogP contribution < -0.4 is 4.90 Å². The zero-order valence-corrected chi connectivity index (χ0v) is 42.4. The number of piperazine rings is 1. The number of Topliss-reactive ketones (excluding diaryl/α,β-unsaturated/α-hetero) is 2. The van der Waals surface area contributed by atoms with Crippen LogP contribution in [-0.2, 0) is 37.9 Å². The van der Waals surface area contributed by atoms with Gasteiger partial charge in [-0.2, -0.15) is 0 Å². The molecule has 2 aliphatic heterocycles. The lowest BCUT2D eigenvalue weighted by Gasteiger charge is -2.37. The number of pyridine rings is 1. The molecule has 1 amide bonds. The molecule has 0 spiro atoms. The maximum Gasteiger partial charge on any atom is 0.320 e. The molecule has 2 unspecified atom stereocenters. The van der Waals surface area contributed by atoms with Gasteiger partial charge < -0.3 is 23.7 Å². The molecule has 3 heterocycles. The SMILES string of the molecule is CCCCOC(=O)CN1CCN(CC(C)=O)CCN(C(CCC(=O)N2CCN(c3ccc4ccc(C(O[SiH](C)C)C(C)(C)C)nc4c3)CC2)C(C)=O)CCN(CC(=O)OCCCC)CC1. The van der Waals surface area contributed by atoms with Gasteiger partial charge in [0.25, 0.3) is 0 Å². The first-order valence-electron chi connectivity index (χ1n) is 24.3. The van der Waals surface area contributed by atoms with E-state index in [4.69, 9.17) is 18.9 Å². The summed E-state index contributed by atoms with van der Waals surface area (Å²) in [6.45, 7) is 25.9. The fraction of sp³-hybridized carbons (Fsp3) is 0.714. The van der Waals surface area contributed by atoms with Crippen LogP contribution >= 0.6 is 0 Å². The third-order valence-electron chi connectivity index (χ3n) is 12.2. The van der Waals surface area contributed by atoms with Crippen LogP contribution in [0.5, 0.6) is 0 Å². The minimum atomic E-state index is -1.31. The first-order valence-corrected chi connectivity index (χ1v) is 27.1. The normalized spacial score (nSPS) is 17.9.